The van der Waals surface area contributed by atoms with Crippen LogP contribution in [0, 0.1) is 0 Å². The summed E-state index contributed by atoms with van der Waals surface area (Å²) in [6.07, 6.45) is 0.253. The molecule has 2 atom stereocenters. The molecule has 1 amide bonds. The number of ether oxygens (including phenoxy) is 1. The van der Waals surface area contributed by atoms with Crippen LogP contribution in [-0.2, 0) is 4.79 Å². The number of anilines is 1. The van der Waals surface area contributed by atoms with Crippen LogP contribution < -0.4 is 10.1 Å². The lowest BCUT2D eigenvalue weighted by molar-refractivity contribution is -0.117. The molecular weight excluding hydrogens is 350 g/mol. The van der Waals surface area contributed by atoms with Crippen molar-refractivity contribution in [2.75, 3.05) is 12.4 Å². The first-order valence-electron chi connectivity index (χ1n) is 9.29. The van der Waals surface area contributed by atoms with E-state index in [4.69, 9.17) is 4.74 Å². The van der Waals surface area contributed by atoms with E-state index >= 15 is 0 Å². The van der Waals surface area contributed by atoms with E-state index in [1.807, 2.05) is 78.9 Å². The Kier molecular flexibility index (Phi) is 4.94. The average molecular weight is 371 g/mol. The standard InChI is InChI=1S/C24H21NO3/c1-28-18-13-11-16(12-14-18)20(15-22(26)17-7-3-2-4-8-17)23-19-9-5-6-10-21(19)25-24(23)27/h2-14,20,23H,15H2,1H3,(H,25,27)/t20-,23-/m0/s1. The van der Waals surface area contributed by atoms with E-state index in [1.165, 1.54) is 0 Å². The maximum atomic E-state index is 13.0. The smallest absolute Gasteiger partial charge is 0.232 e. The molecule has 4 rings (SSSR count). The SMILES string of the molecule is COc1ccc([C@H](CC(=O)c2ccccc2)[C@H]2C(=O)Nc3ccccc32)cc1. The largest absolute Gasteiger partial charge is 0.497 e. The first-order chi connectivity index (χ1) is 13.7. The van der Waals surface area contributed by atoms with E-state index in [9.17, 15) is 9.59 Å². The van der Waals surface area contributed by atoms with Crippen molar-refractivity contribution in [2.24, 2.45) is 0 Å². The Bertz CT molecular complexity index is 996. The number of carbonyl (C=O) groups excluding carboxylic acids is 2. The fraction of sp³-hybridized carbons (Fsp3) is 0.167. The fourth-order valence-corrected chi connectivity index (χ4v) is 3.85. The van der Waals surface area contributed by atoms with Crippen molar-refractivity contribution >= 4 is 17.4 Å². The summed E-state index contributed by atoms with van der Waals surface area (Å²) in [7, 11) is 1.62. The van der Waals surface area contributed by atoms with Crippen molar-refractivity contribution in [3.8, 4) is 5.75 Å². The summed E-state index contributed by atoms with van der Waals surface area (Å²) in [6, 6.07) is 24.5. The van der Waals surface area contributed by atoms with Gasteiger partial charge in [-0.25, -0.2) is 0 Å². The molecule has 1 N–H and O–H groups in total. The molecule has 0 fully saturated rings. The first kappa shape index (κ1) is 18.0. The van der Waals surface area contributed by atoms with Gasteiger partial charge < -0.3 is 10.1 Å². The van der Waals surface area contributed by atoms with Gasteiger partial charge in [-0.1, -0.05) is 60.7 Å². The Morgan fingerprint density at radius 1 is 0.964 bits per heavy atom. The quantitative estimate of drug-likeness (QED) is 0.634. The molecule has 0 spiro atoms. The first-order valence-corrected chi connectivity index (χ1v) is 9.29. The predicted molar refractivity (Wildman–Crippen MR) is 109 cm³/mol. The summed E-state index contributed by atoms with van der Waals surface area (Å²) >= 11 is 0. The van der Waals surface area contributed by atoms with Crippen LogP contribution in [0.25, 0.3) is 0 Å². The van der Waals surface area contributed by atoms with Crippen LogP contribution in [0.5, 0.6) is 5.75 Å². The van der Waals surface area contributed by atoms with Crippen molar-refractivity contribution in [1.82, 2.24) is 0 Å². The van der Waals surface area contributed by atoms with Gasteiger partial charge in [0.2, 0.25) is 5.91 Å². The molecule has 4 nitrogen and oxygen atoms in total. The van der Waals surface area contributed by atoms with Gasteiger partial charge in [-0.2, -0.15) is 0 Å². The van der Waals surface area contributed by atoms with Crippen LogP contribution in [0.3, 0.4) is 0 Å². The number of ketones is 1. The second-order valence-corrected chi connectivity index (χ2v) is 6.93. The highest BCUT2D eigenvalue weighted by Crippen LogP contribution is 2.44. The molecule has 0 unspecified atom stereocenters. The molecular formula is C24H21NO3. The lowest BCUT2D eigenvalue weighted by Gasteiger charge is -2.23. The minimum Gasteiger partial charge on any atom is -0.497 e. The van der Waals surface area contributed by atoms with E-state index < -0.39 is 5.92 Å². The van der Waals surface area contributed by atoms with E-state index in [2.05, 4.69) is 5.32 Å². The second kappa shape index (κ2) is 7.69. The summed E-state index contributed by atoms with van der Waals surface area (Å²) in [4.78, 5) is 25.8. The number of Topliss-reactive ketones (excluding diaryl/α,β-unsaturated/α-hetero) is 1. The zero-order valence-electron chi connectivity index (χ0n) is 15.6. The molecule has 0 aliphatic carbocycles. The third kappa shape index (κ3) is 3.41. The summed E-state index contributed by atoms with van der Waals surface area (Å²) in [5.74, 6) is 0.0363. The van der Waals surface area contributed by atoms with Gasteiger partial charge in [-0.3, -0.25) is 9.59 Å². The van der Waals surface area contributed by atoms with Gasteiger partial charge in [-0.05, 0) is 29.3 Å². The monoisotopic (exact) mass is 371 g/mol. The van der Waals surface area contributed by atoms with Crippen LogP contribution in [0.15, 0.2) is 78.9 Å². The van der Waals surface area contributed by atoms with Crippen molar-refractivity contribution in [1.29, 1.82) is 0 Å². The van der Waals surface area contributed by atoms with Gasteiger partial charge >= 0.3 is 0 Å². The van der Waals surface area contributed by atoms with Crippen molar-refractivity contribution in [3.05, 3.63) is 95.6 Å². The van der Waals surface area contributed by atoms with Crippen LogP contribution >= 0.6 is 0 Å². The van der Waals surface area contributed by atoms with Crippen molar-refractivity contribution in [2.45, 2.75) is 18.3 Å². The Hall–Kier alpha value is -3.40. The van der Waals surface area contributed by atoms with Crippen LogP contribution in [0.2, 0.25) is 0 Å². The van der Waals surface area contributed by atoms with E-state index in [1.54, 1.807) is 7.11 Å². The fourth-order valence-electron chi connectivity index (χ4n) is 3.85. The Balaban J connectivity index is 1.73. The third-order valence-electron chi connectivity index (χ3n) is 5.28. The van der Waals surface area contributed by atoms with Crippen LogP contribution in [0.1, 0.15) is 39.7 Å². The molecule has 0 bridgehead atoms. The molecule has 0 saturated heterocycles. The molecule has 0 radical (unpaired) electrons. The van der Waals surface area contributed by atoms with E-state index in [-0.39, 0.29) is 24.0 Å². The molecule has 3 aromatic rings. The topological polar surface area (TPSA) is 55.4 Å². The van der Waals surface area contributed by atoms with Crippen LogP contribution in [0.4, 0.5) is 5.69 Å². The number of para-hydroxylation sites is 1. The number of amides is 1. The van der Waals surface area contributed by atoms with E-state index in [0.29, 0.717) is 5.56 Å². The number of hydrogen-bond acceptors (Lipinski definition) is 3. The zero-order valence-corrected chi connectivity index (χ0v) is 15.6. The number of hydrogen-bond donors (Lipinski definition) is 1. The molecule has 4 heteroatoms. The Morgan fingerprint density at radius 3 is 2.36 bits per heavy atom. The summed E-state index contributed by atoms with van der Waals surface area (Å²) in [6.45, 7) is 0. The minimum absolute atomic E-state index is 0.0265. The third-order valence-corrected chi connectivity index (χ3v) is 5.28. The maximum absolute atomic E-state index is 13.0. The summed E-state index contributed by atoms with van der Waals surface area (Å²) in [5, 5.41) is 2.96. The Morgan fingerprint density at radius 2 is 1.64 bits per heavy atom. The van der Waals surface area contributed by atoms with Crippen molar-refractivity contribution in [3.63, 3.8) is 0 Å². The molecule has 28 heavy (non-hydrogen) atoms. The molecule has 1 aliphatic rings. The van der Waals surface area contributed by atoms with Gasteiger partial charge in [0.1, 0.15) is 5.75 Å². The number of nitrogens with one attached hydrogen (secondary N) is 1. The Labute approximate surface area is 164 Å². The molecule has 1 aliphatic heterocycles. The molecule has 0 aromatic heterocycles. The van der Waals surface area contributed by atoms with Gasteiger partial charge in [0.15, 0.2) is 5.78 Å². The normalized spacial score (nSPS) is 16.2. The zero-order chi connectivity index (χ0) is 19.5. The lowest BCUT2D eigenvalue weighted by atomic mass is 9.78. The highest BCUT2D eigenvalue weighted by molar-refractivity contribution is 6.04. The molecule has 3 aromatic carbocycles. The molecule has 140 valence electrons. The van der Waals surface area contributed by atoms with E-state index in [0.717, 1.165) is 22.6 Å². The predicted octanol–water partition coefficient (Wildman–Crippen LogP) is 4.79. The molecule has 1 heterocycles. The summed E-state index contributed by atoms with van der Waals surface area (Å²) in [5.41, 5.74) is 3.37. The highest BCUT2D eigenvalue weighted by atomic mass is 16.5. The number of fused-ring (bicyclic) bond motifs is 1. The lowest BCUT2D eigenvalue weighted by Crippen LogP contribution is -2.22. The number of benzene rings is 3. The second-order valence-electron chi connectivity index (χ2n) is 6.93. The summed E-state index contributed by atoms with van der Waals surface area (Å²) < 4.78 is 5.26. The van der Waals surface area contributed by atoms with Gasteiger partial charge in [-0.15, -0.1) is 0 Å². The van der Waals surface area contributed by atoms with Gasteiger partial charge in [0.05, 0.1) is 13.0 Å². The van der Waals surface area contributed by atoms with Gasteiger partial charge in [0, 0.05) is 23.6 Å². The number of rotatable bonds is 6. The number of methoxy groups -OCH3 is 1. The minimum atomic E-state index is -0.405. The maximum Gasteiger partial charge on any atom is 0.232 e. The average Bonchev–Trinajstić information content (AvgIpc) is 3.08. The molecule has 0 saturated carbocycles. The van der Waals surface area contributed by atoms with Crippen LogP contribution in [-0.4, -0.2) is 18.8 Å². The highest BCUT2D eigenvalue weighted by Gasteiger charge is 2.38. The van der Waals surface area contributed by atoms with Gasteiger partial charge in [0.25, 0.3) is 0 Å². The number of carbonyl (C=O) groups is 2. The van der Waals surface area contributed by atoms with Crippen molar-refractivity contribution < 1.29 is 14.3 Å².